The van der Waals surface area contributed by atoms with Crippen molar-refractivity contribution in [3.63, 3.8) is 0 Å². The highest BCUT2D eigenvalue weighted by molar-refractivity contribution is 6.33. The first-order valence-corrected chi connectivity index (χ1v) is 9.77. The molecule has 1 saturated heterocycles. The van der Waals surface area contributed by atoms with Crippen LogP contribution >= 0.6 is 23.2 Å². The quantitative estimate of drug-likeness (QED) is 0.703. The zero-order valence-electron chi connectivity index (χ0n) is 14.9. The molecule has 1 N–H and O–H groups in total. The maximum atomic E-state index is 12.7. The van der Waals surface area contributed by atoms with Crippen LogP contribution in [0.25, 0.3) is 5.69 Å². The number of halogens is 2. The van der Waals surface area contributed by atoms with Gasteiger partial charge in [-0.2, -0.15) is 4.68 Å². The minimum Gasteiger partial charge on any atom is -0.339 e. The summed E-state index contributed by atoms with van der Waals surface area (Å²) in [5.74, 6) is 0.672. The standard InChI is InChI=1S/C20H18Cl2N4O2/c21-14-5-7-15(8-6-14)26-20(28)23-18(24-26)13-9-11-25(12-10-13)19(27)16-3-1-2-4-17(16)22/h1-8,13H,9-12H2,(H,23,24,28). The van der Waals surface area contributed by atoms with Crippen LogP contribution in [0.1, 0.15) is 34.9 Å². The Labute approximate surface area is 171 Å². The molecular formula is C20H18Cl2N4O2. The second kappa shape index (κ2) is 7.81. The van der Waals surface area contributed by atoms with Crippen molar-refractivity contribution in [2.24, 2.45) is 0 Å². The lowest BCUT2D eigenvalue weighted by atomic mass is 9.95. The van der Waals surface area contributed by atoms with Gasteiger partial charge in [0.2, 0.25) is 0 Å². The van der Waals surface area contributed by atoms with Gasteiger partial charge >= 0.3 is 5.69 Å². The molecule has 144 valence electrons. The van der Waals surface area contributed by atoms with Crippen LogP contribution in [-0.4, -0.2) is 38.7 Å². The van der Waals surface area contributed by atoms with E-state index in [0.717, 1.165) is 12.8 Å². The third-order valence-electron chi connectivity index (χ3n) is 4.98. The van der Waals surface area contributed by atoms with Gasteiger partial charge in [0.15, 0.2) is 0 Å². The molecule has 2 heterocycles. The van der Waals surface area contributed by atoms with Gasteiger partial charge in [-0.25, -0.2) is 4.79 Å². The van der Waals surface area contributed by atoms with Crippen molar-refractivity contribution >= 4 is 29.1 Å². The fraction of sp³-hybridized carbons (Fsp3) is 0.250. The minimum atomic E-state index is -0.285. The summed E-state index contributed by atoms with van der Waals surface area (Å²) in [5, 5.41) is 5.52. The summed E-state index contributed by atoms with van der Waals surface area (Å²) in [4.78, 5) is 29.6. The van der Waals surface area contributed by atoms with Gasteiger partial charge < -0.3 is 4.90 Å². The normalized spacial score (nSPS) is 15.0. The third-order valence-corrected chi connectivity index (χ3v) is 5.56. The monoisotopic (exact) mass is 416 g/mol. The molecule has 0 aliphatic carbocycles. The van der Waals surface area contributed by atoms with Crippen LogP contribution < -0.4 is 5.69 Å². The number of likely N-dealkylation sites (tertiary alicyclic amines) is 1. The summed E-state index contributed by atoms with van der Waals surface area (Å²) < 4.78 is 1.34. The Morgan fingerprint density at radius 1 is 1.04 bits per heavy atom. The van der Waals surface area contributed by atoms with Gasteiger partial charge in [-0.3, -0.25) is 9.78 Å². The zero-order valence-corrected chi connectivity index (χ0v) is 16.5. The molecule has 0 spiro atoms. The maximum Gasteiger partial charge on any atom is 0.348 e. The van der Waals surface area contributed by atoms with E-state index < -0.39 is 0 Å². The fourth-order valence-electron chi connectivity index (χ4n) is 3.44. The zero-order chi connectivity index (χ0) is 19.7. The summed E-state index contributed by atoms with van der Waals surface area (Å²) in [6, 6.07) is 14.0. The number of nitrogens with zero attached hydrogens (tertiary/aromatic N) is 3. The molecule has 2 aromatic carbocycles. The van der Waals surface area contributed by atoms with E-state index >= 15 is 0 Å². The number of hydrogen-bond donors (Lipinski definition) is 1. The first-order valence-electron chi connectivity index (χ1n) is 9.02. The first-order chi connectivity index (χ1) is 13.5. The highest BCUT2D eigenvalue weighted by Crippen LogP contribution is 2.27. The SMILES string of the molecule is O=C(c1ccccc1Cl)N1CCC(c2nn(-c3ccc(Cl)cc3)c(=O)[nH]2)CC1. The lowest BCUT2D eigenvalue weighted by Crippen LogP contribution is -2.38. The van der Waals surface area contributed by atoms with Crippen LogP contribution in [0.5, 0.6) is 0 Å². The third kappa shape index (κ3) is 3.70. The maximum absolute atomic E-state index is 12.7. The van der Waals surface area contributed by atoms with E-state index in [1.165, 1.54) is 4.68 Å². The van der Waals surface area contributed by atoms with E-state index in [0.29, 0.717) is 40.2 Å². The summed E-state index contributed by atoms with van der Waals surface area (Å²) in [5.41, 5.74) is 0.887. The van der Waals surface area contributed by atoms with Gasteiger partial charge in [0.25, 0.3) is 5.91 Å². The lowest BCUT2D eigenvalue weighted by molar-refractivity contribution is 0.0711. The summed E-state index contributed by atoms with van der Waals surface area (Å²) in [6.45, 7) is 1.18. The van der Waals surface area contributed by atoms with Crippen LogP contribution in [0.3, 0.4) is 0 Å². The van der Waals surface area contributed by atoms with Gasteiger partial charge in [-0.05, 0) is 49.2 Å². The van der Waals surface area contributed by atoms with Crippen molar-refractivity contribution in [2.45, 2.75) is 18.8 Å². The van der Waals surface area contributed by atoms with Gasteiger partial charge in [0.1, 0.15) is 5.82 Å². The second-order valence-corrected chi connectivity index (χ2v) is 7.59. The molecule has 1 amide bonds. The van der Waals surface area contributed by atoms with E-state index in [-0.39, 0.29) is 17.5 Å². The van der Waals surface area contributed by atoms with Gasteiger partial charge in [-0.1, -0.05) is 35.3 Å². The minimum absolute atomic E-state index is 0.0655. The summed E-state index contributed by atoms with van der Waals surface area (Å²) in [7, 11) is 0. The number of benzene rings is 2. The predicted octanol–water partition coefficient (Wildman–Crippen LogP) is 3.89. The summed E-state index contributed by atoms with van der Waals surface area (Å²) >= 11 is 12.0. The largest absolute Gasteiger partial charge is 0.348 e. The van der Waals surface area contributed by atoms with E-state index in [1.807, 2.05) is 0 Å². The molecule has 1 aliphatic heterocycles. The molecule has 1 fully saturated rings. The van der Waals surface area contributed by atoms with Crippen LogP contribution in [0.2, 0.25) is 10.0 Å². The molecule has 6 nitrogen and oxygen atoms in total. The Morgan fingerprint density at radius 2 is 1.71 bits per heavy atom. The molecule has 0 saturated carbocycles. The van der Waals surface area contributed by atoms with Gasteiger partial charge in [-0.15, -0.1) is 5.10 Å². The Balaban J connectivity index is 1.46. The number of hydrogen-bond acceptors (Lipinski definition) is 3. The average Bonchev–Trinajstić information content (AvgIpc) is 3.10. The van der Waals surface area contributed by atoms with Crippen LogP contribution in [0, 0.1) is 0 Å². The van der Waals surface area contributed by atoms with Crippen LogP contribution in [-0.2, 0) is 0 Å². The number of amides is 1. The molecule has 28 heavy (non-hydrogen) atoms. The molecule has 0 radical (unpaired) electrons. The predicted molar refractivity (Wildman–Crippen MR) is 109 cm³/mol. The smallest absolute Gasteiger partial charge is 0.339 e. The van der Waals surface area contributed by atoms with E-state index in [2.05, 4.69) is 10.1 Å². The Hall–Kier alpha value is -2.57. The number of nitrogens with one attached hydrogen (secondary N) is 1. The molecule has 0 atom stereocenters. The number of piperidine rings is 1. The van der Waals surface area contributed by atoms with Gasteiger partial charge in [0.05, 0.1) is 16.3 Å². The number of H-pyrrole nitrogens is 1. The molecule has 4 rings (SSSR count). The molecule has 1 aliphatic rings. The van der Waals surface area contributed by atoms with E-state index in [1.54, 1.807) is 53.4 Å². The number of aromatic amines is 1. The highest BCUT2D eigenvalue weighted by atomic mass is 35.5. The van der Waals surface area contributed by atoms with E-state index in [9.17, 15) is 9.59 Å². The molecule has 3 aromatic rings. The summed E-state index contributed by atoms with van der Waals surface area (Å²) in [6.07, 6.45) is 1.45. The second-order valence-electron chi connectivity index (χ2n) is 6.75. The average molecular weight is 417 g/mol. The molecule has 0 unspecified atom stereocenters. The number of carbonyl (C=O) groups excluding carboxylic acids is 1. The van der Waals surface area contributed by atoms with Crippen molar-refractivity contribution < 1.29 is 4.79 Å². The van der Waals surface area contributed by atoms with Crippen molar-refractivity contribution in [1.29, 1.82) is 0 Å². The molecular weight excluding hydrogens is 399 g/mol. The van der Waals surface area contributed by atoms with Crippen molar-refractivity contribution in [3.8, 4) is 5.69 Å². The van der Waals surface area contributed by atoms with Crippen LogP contribution in [0.15, 0.2) is 53.3 Å². The molecule has 8 heteroatoms. The number of carbonyl (C=O) groups is 1. The van der Waals surface area contributed by atoms with Crippen molar-refractivity contribution in [1.82, 2.24) is 19.7 Å². The number of aromatic nitrogens is 3. The first kappa shape index (κ1) is 18.8. The van der Waals surface area contributed by atoms with Crippen molar-refractivity contribution in [3.05, 3.63) is 80.4 Å². The van der Waals surface area contributed by atoms with Gasteiger partial charge in [0, 0.05) is 24.0 Å². The fourth-order valence-corrected chi connectivity index (χ4v) is 3.79. The van der Waals surface area contributed by atoms with Crippen molar-refractivity contribution in [2.75, 3.05) is 13.1 Å². The Kier molecular flexibility index (Phi) is 5.24. The Morgan fingerprint density at radius 3 is 2.39 bits per heavy atom. The highest BCUT2D eigenvalue weighted by Gasteiger charge is 2.27. The molecule has 1 aromatic heterocycles. The lowest BCUT2D eigenvalue weighted by Gasteiger charge is -2.31. The van der Waals surface area contributed by atoms with E-state index in [4.69, 9.17) is 23.2 Å². The van der Waals surface area contributed by atoms with Crippen LogP contribution in [0.4, 0.5) is 0 Å². The molecule has 0 bridgehead atoms. The Bertz CT molecular complexity index is 1050. The topological polar surface area (TPSA) is 71.0 Å². The number of rotatable bonds is 3.